The van der Waals surface area contributed by atoms with Crippen LogP contribution < -0.4 is 9.47 Å². The molecule has 20 heavy (non-hydrogen) atoms. The third kappa shape index (κ3) is 2.97. The van der Waals surface area contributed by atoms with Crippen molar-refractivity contribution in [2.75, 3.05) is 7.11 Å². The summed E-state index contributed by atoms with van der Waals surface area (Å²) in [7, 11) is 1.47. The van der Waals surface area contributed by atoms with Crippen molar-refractivity contribution < 1.29 is 14.3 Å². The first-order chi connectivity index (χ1) is 9.65. The molecule has 0 fully saturated rings. The SMILES string of the molecule is COc1cc(C=N)ccc1OC(=O)c1ccccc1Cl. The second kappa shape index (κ2) is 6.21. The Morgan fingerprint density at radius 2 is 1.95 bits per heavy atom. The second-order valence-corrected chi connectivity index (χ2v) is 4.33. The molecule has 5 heteroatoms. The van der Waals surface area contributed by atoms with Crippen molar-refractivity contribution in [2.24, 2.45) is 0 Å². The van der Waals surface area contributed by atoms with Crippen LogP contribution in [-0.4, -0.2) is 19.3 Å². The van der Waals surface area contributed by atoms with Gasteiger partial charge < -0.3 is 14.9 Å². The summed E-state index contributed by atoms with van der Waals surface area (Å²) in [4.78, 5) is 12.1. The number of esters is 1. The molecular formula is C15H12ClNO3. The minimum atomic E-state index is -0.559. The minimum Gasteiger partial charge on any atom is -0.493 e. The topological polar surface area (TPSA) is 59.4 Å². The first-order valence-corrected chi connectivity index (χ1v) is 6.18. The maximum absolute atomic E-state index is 12.1. The Morgan fingerprint density at radius 1 is 1.20 bits per heavy atom. The van der Waals surface area contributed by atoms with E-state index < -0.39 is 5.97 Å². The fourth-order valence-corrected chi connectivity index (χ4v) is 1.85. The molecule has 0 aromatic heterocycles. The fraction of sp³-hybridized carbons (Fsp3) is 0.0667. The lowest BCUT2D eigenvalue weighted by molar-refractivity contribution is 0.0730. The largest absolute Gasteiger partial charge is 0.493 e. The van der Waals surface area contributed by atoms with E-state index >= 15 is 0 Å². The molecule has 0 bridgehead atoms. The van der Waals surface area contributed by atoms with Gasteiger partial charge in [0.25, 0.3) is 0 Å². The van der Waals surface area contributed by atoms with Gasteiger partial charge >= 0.3 is 5.97 Å². The smallest absolute Gasteiger partial charge is 0.345 e. The van der Waals surface area contributed by atoms with Gasteiger partial charge in [-0.3, -0.25) is 0 Å². The minimum absolute atomic E-state index is 0.281. The summed E-state index contributed by atoms with van der Waals surface area (Å²) in [6, 6.07) is 11.5. The molecule has 0 aliphatic carbocycles. The summed E-state index contributed by atoms with van der Waals surface area (Å²) in [6.45, 7) is 0. The predicted molar refractivity (Wildman–Crippen MR) is 77.3 cm³/mol. The number of hydrogen-bond donors (Lipinski definition) is 1. The molecule has 2 aromatic rings. The highest BCUT2D eigenvalue weighted by atomic mass is 35.5. The molecule has 0 saturated carbocycles. The summed E-state index contributed by atoms with van der Waals surface area (Å²) in [6.07, 6.45) is 1.18. The lowest BCUT2D eigenvalue weighted by Gasteiger charge is -2.10. The van der Waals surface area contributed by atoms with Crippen molar-refractivity contribution in [3.63, 3.8) is 0 Å². The number of nitrogens with one attached hydrogen (secondary N) is 1. The molecule has 0 heterocycles. The number of methoxy groups -OCH3 is 1. The number of rotatable bonds is 4. The molecule has 0 radical (unpaired) electrons. The lowest BCUT2D eigenvalue weighted by atomic mass is 10.2. The van der Waals surface area contributed by atoms with Crippen molar-refractivity contribution in [1.82, 2.24) is 0 Å². The zero-order valence-electron chi connectivity index (χ0n) is 10.7. The van der Waals surface area contributed by atoms with Gasteiger partial charge in [-0.2, -0.15) is 0 Å². The number of halogens is 1. The standard InChI is InChI=1S/C15H12ClNO3/c1-19-14-8-10(9-17)6-7-13(14)20-15(18)11-4-2-3-5-12(11)16/h2-9,17H,1H3. The number of hydrogen-bond acceptors (Lipinski definition) is 4. The van der Waals surface area contributed by atoms with Gasteiger partial charge in [0.1, 0.15) is 0 Å². The molecule has 0 atom stereocenters. The van der Waals surface area contributed by atoms with E-state index in [2.05, 4.69) is 0 Å². The molecule has 102 valence electrons. The molecule has 0 aliphatic rings. The van der Waals surface area contributed by atoms with Crippen LogP contribution in [0.1, 0.15) is 15.9 Å². The van der Waals surface area contributed by atoms with Crippen LogP contribution in [0.3, 0.4) is 0 Å². The van der Waals surface area contributed by atoms with Crippen LogP contribution in [0.4, 0.5) is 0 Å². The highest BCUT2D eigenvalue weighted by Gasteiger charge is 2.15. The Labute approximate surface area is 121 Å². The predicted octanol–water partition coefficient (Wildman–Crippen LogP) is 3.57. The third-order valence-electron chi connectivity index (χ3n) is 2.65. The molecule has 0 spiro atoms. The lowest BCUT2D eigenvalue weighted by Crippen LogP contribution is -2.10. The second-order valence-electron chi connectivity index (χ2n) is 3.92. The Morgan fingerprint density at radius 3 is 2.60 bits per heavy atom. The van der Waals surface area contributed by atoms with Gasteiger partial charge in [0.15, 0.2) is 11.5 Å². The van der Waals surface area contributed by atoms with Crippen LogP contribution in [-0.2, 0) is 0 Å². The van der Waals surface area contributed by atoms with Gasteiger partial charge in [0.05, 0.1) is 17.7 Å². The average Bonchev–Trinajstić information content (AvgIpc) is 2.48. The highest BCUT2D eigenvalue weighted by molar-refractivity contribution is 6.33. The number of carbonyl (C=O) groups excluding carboxylic acids is 1. The third-order valence-corrected chi connectivity index (χ3v) is 2.98. The van der Waals surface area contributed by atoms with E-state index in [0.717, 1.165) is 0 Å². The summed E-state index contributed by atoms with van der Waals surface area (Å²) < 4.78 is 10.4. The zero-order valence-corrected chi connectivity index (χ0v) is 11.5. The molecule has 2 aromatic carbocycles. The summed E-state index contributed by atoms with van der Waals surface area (Å²) >= 11 is 5.94. The van der Waals surface area contributed by atoms with Gasteiger partial charge in [-0.1, -0.05) is 23.7 Å². The molecule has 0 unspecified atom stereocenters. The number of carbonyl (C=O) groups is 1. The van der Waals surface area contributed by atoms with Crippen LogP contribution in [0.25, 0.3) is 0 Å². The van der Waals surface area contributed by atoms with E-state index in [4.69, 9.17) is 26.5 Å². The van der Waals surface area contributed by atoms with E-state index in [9.17, 15) is 4.79 Å². The van der Waals surface area contributed by atoms with Gasteiger partial charge in [0.2, 0.25) is 0 Å². The highest BCUT2D eigenvalue weighted by Crippen LogP contribution is 2.29. The van der Waals surface area contributed by atoms with Crippen LogP contribution >= 0.6 is 11.6 Å². The average molecular weight is 290 g/mol. The summed E-state index contributed by atoms with van der Waals surface area (Å²) in [5, 5.41) is 7.51. The molecule has 2 rings (SSSR count). The van der Waals surface area contributed by atoms with Crippen molar-refractivity contribution in [3.8, 4) is 11.5 Å². The Balaban J connectivity index is 2.28. The normalized spacial score (nSPS) is 9.90. The maximum atomic E-state index is 12.1. The Kier molecular flexibility index (Phi) is 4.38. The summed E-state index contributed by atoms with van der Waals surface area (Å²) in [5.41, 5.74) is 0.937. The van der Waals surface area contributed by atoms with Crippen LogP contribution in [0.5, 0.6) is 11.5 Å². The quantitative estimate of drug-likeness (QED) is 0.532. The van der Waals surface area contributed by atoms with E-state index in [1.165, 1.54) is 13.3 Å². The van der Waals surface area contributed by atoms with Crippen molar-refractivity contribution in [3.05, 3.63) is 58.6 Å². The monoisotopic (exact) mass is 289 g/mol. The Hall–Kier alpha value is -2.33. The number of ether oxygens (including phenoxy) is 2. The first-order valence-electron chi connectivity index (χ1n) is 5.81. The van der Waals surface area contributed by atoms with E-state index in [0.29, 0.717) is 16.3 Å². The van der Waals surface area contributed by atoms with Crippen LogP contribution in [0.15, 0.2) is 42.5 Å². The molecular weight excluding hydrogens is 278 g/mol. The van der Waals surface area contributed by atoms with Gasteiger partial charge in [-0.25, -0.2) is 4.79 Å². The van der Waals surface area contributed by atoms with E-state index in [1.807, 2.05) is 0 Å². The Bertz CT molecular complexity index is 655. The van der Waals surface area contributed by atoms with Gasteiger partial charge in [-0.15, -0.1) is 0 Å². The van der Waals surface area contributed by atoms with Gasteiger partial charge in [-0.05, 0) is 35.9 Å². The summed E-state index contributed by atoms with van der Waals surface area (Å²) in [5.74, 6) is 0.103. The number of benzene rings is 2. The maximum Gasteiger partial charge on any atom is 0.345 e. The van der Waals surface area contributed by atoms with Crippen LogP contribution in [0, 0.1) is 5.41 Å². The van der Waals surface area contributed by atoms with Crippen molar-refractivity contribution in [2.45, 2.75) is 0 Å². The van der Waals surface area contributed by atoms with Crippen molar-refractivity contribution in [1.29, 1.82) is 5.41 Å². The first kappa shape index (κ1) is 14.1. The van der Waals surface area contributed by atoms with Crippen molar-refractivity contribution >= 4 is 23.8 Å². The van der Waals surface area contributed by atoms with E-state index in [1.54, 1.807) is 42.5 Å². The molecule has 0 amide bonds. The molecule has 1 N–H and O–H groups in total. The van der Waals surface area contributed by atoms with E-state index in [-0.39, 0.29) is 11.3 Å². The fourth-order valence-electron chi connectivity index (χ4n) is 1.64. The molecule has 4 nitrogen and oxygen atoms in total. The molecule has 0 aliphatic heterocycles. The van der Waals surface area contributed by atoms with Crippen LogP contribution in [0.2, 0.25) is 5.02 Å². The van der Waals surface area contributed by atoms with Gasteiger partial charge in [0, 0.05) is 6.21 Å². The zero-order chi connectivity index (χ0) is 14.5. The molecule has 0 saturated heterocycles.